The van der Waals surface area contributed by atoms with Crippen LogP contribution in [-0.2, 0) is 9.59 Å². The number of hydrogen-bond acceptors (Lipinski definition) is 2. The van der Waals surface area contributed by atoms with Gasteiger partial charge in [-0.3, -0.25) is 14.9 Å². The van der Waals surface area contributed by atoms with E-state index in [1.165, 1.54) is 0 Å². The highest BCUT2D eigenvalue weighted by Crippen LogP contribution is 2.50. The first-order chi connectivity index (χ1) is 5.77. The Morgan fingerprint density at radius 1 is 1.33 bits per heavy atom. The van der Waals surface area contributed by atoms with Gasteiger partial charge < -0.3 is 0 Å². The van der Waals surface area contributed by atoms with Gasteiger partial charge in [0.25, 0.3) is 11.8 Å². The quantitative estimate of drug-likeness (QED) is 0.514. The number of allylic oxidation sites excluding steroid dienone is 1. The highest BCUT2D eigenvalue weighted by atomic mass is 16.2. The first kappa shape index (κ1) is 6.17. The largest absolute Gasteiger partial charge is 0.288 e. The van der Waals surface area contributed by atoms with E-state index in [4.69, 9.17) is 0 Å². The maximum atomic E-state index is 11.2. The molecule has 2 atom stereocenters. The van der Waals surface area contributed by atoms with Gasteiger partial charge in [0.2, 0.25) is 0 Å². The molecular formula is C9H7NO2. The van der Waals surface area contributed by atoms with E-state index >= 15 is 0 Å². The molecule has 0 spiro atoms. The molecule has 0 radical (unpaired) electrons. The minimum atomic E-state index is -0.225. The molecule has 2 aliphatic carbocycles. The molecule has 0 aromatic rings. The van der Waals surface area contributed by atoms with E-state index in [0.717, 1.165) is 12.0 Å². The lowest BCUT2D eigenvalue weighted by Gasteiger charge is -2.01. The van der Waals surface area contributed by atoms with Crippen LogP contribution in [0.1, 0.15) is 6.42 Å². The molecule has 0 saturated heterocycles. The minimum absolute atomic E-state index is 0.174. The SMILES string of the molecule is O=C1NC(=O)C2=C1C=CC1CC21. The molecule has 3 aliphatic rings. The summed E-state index contributed by atoms with van der Waals surface area (Å²) in [7, 11) is 0. The fraction of sp³-hybridized carbons (Fsp3) is 0.333. The molecule has 60 valence electrons. The third-order valence-corrected chi connectivity index (χ3v) is 2.73. The summed E-state index contributed by atoms with van der Waals surface area (Å²) >= 11 is 0. The van der Waals surface area contributed by atoms with Crippen molar-refractivity contribution < 1.29 is 9.59 Å². The summed E-state index contributed by atoms with van der Waals surface area (Å²) in [5.74, 6) is 0.472. The average molecular weight is 161 g/mol. The Balaban J connectivity index is 2.18. The van der Waals surface area contributed by atoms with Crippen LogP contribution in [-0.4, -0.2) is 11.8 Å². The van der Waals surface area contributed by atoms with Gasteiger partial charge in [-0.2, -0.15) is 0 Å². The Labute approximate surface area is 69.1 Å². The lowest BCUT2D eigenvalue weighted by atomic mass is 9.99. The molecule has 0 aromatic heterocycles. The zero-order valence-electron chi connectivity index (χ0n) is 6.33. The van der Waals surface area contributed by atoms with Crippen molar-refractivity contribution in [2.24, 2.45) is 11.8 Å². The Kier molecular flexibility index (Phi) is 0.865. The normalized spacial score (nSPS) is 36.3. The molecule has 1 N–H and O–H groups in total. The van der Waals surface area contributed by atoms with Gasteiger partial charge in [0.1, 0.15) is 0 Å². The van der Waals surface area contributed by atoms with E-state index in [1.807, 2.05) is 6.08 Å². The van der Waals surface area contributed by atoms with E-state index in [1.54, 1.807) is 6.08 Å². The predicted molar refractivity (Wildman–Crippen MR) is 40.9 cm³/mol. The predicted octanol–water partition coefficient (Wildman–Crippen LogP) is 0.145. The number of rotatable bonds is 0. The van der Waals surface area contributed by atoms with Crippen LogP contribution in [0, 0.1) is 11.8 Å². The first-order valence-corrected chi connectivity index (χ1v) is 4.05. The fourth-order valence-electron chi connectivity index (χ4n) is 2.00. The molecule has 3 heteroatoms. The maximum absolute atomic E-state index is 11.2. The van der Waals surface area contributed by atoms with Crippen molar-refractivity contribution in [2.45, 2.75) is 6.42 Å². The van der Waals surface area contributed by atoms with Crippen molar-refractivity contribution in [3.63, 3.8) is 0 Å². The van der Waals surface area contributed by atoms with Crippen LogP contribution >= 0.6 is 0 Å². The number of fused-ring (bicyclic) bond motifs is 2. The molecule has 1 fully saturated rings. The average Bonchev–Trinajstić information content (AvgIpc) is 2.74. The third-order valence-electron chi connectivity index (χ3n) is 2.73. The van der Waals surface area contributed by atoms with Crippen LogP contribution in [0.25, 0.3) is 0 Å². The molecule has 3 nitrogen and oxygen atoms in total. The second kappa shape index (κ2) is 1.68. The van der Waals surface area contributed by atoms with Gasteiger partial charge in [-0.15, -0.1) is 0 Å². The molecular weight excluding hydrogens is 154 g/mol. The van der Waals surface area contributed by atoms with Crippen molar-refractivity contribution in [3.05, 3.63) is 23.3 Å². The summed E-state index contributed by atoms with van der Waals surface area (Å²) in [6.45, 7) is 0. The summed E-state index contributed by atoms with van der Waals surface area (Å²) in [5, 5.41) is 2.31. The van der Waals surface area contributed by atoms with Gasteiger partial charge in [0.15, 0.2) is 0 Å². The van der Waals surface area contributed by atoms with Crippen molar-refractivity contribution >= 4 is 11.8 Å². The zero-order valence-corrected chi connectivity index (χ0v) is 6.33. The van der Waals surface area contributed by atoms with Crippen molar-refractivity contribution in [1.82, 2.24) is 5.32 Å². The first-order valence-electron chi connectivity index (χ1n) is 4.05. The molecule has 0 bridgehead atoms. The van der Waals surface area contributed by atoms with E-state index in [0.29, 0.717) is 17.4 Å². The molecule has 1 aliphatic heterocycles. The highest BCUT2D eigenvalue weighted by Gasteiger charge is 2.47. The molecule has 12 heavy (non-hydrogen) atoms. The molecule has 2 amide bonds. The molecule has 1 heterocycles. The Morgan fingerprint density at radius 2 is 2.17 bits per heavy atom. The van der Waals surface area contributed by atoms with Gasteiger partial charge in [0.05, 0.1) is 0 Å². The summed E-state index contributed by atoms with van der Waals surface area (Å²) in [5.41, 5.74) is 1.33. The van der Waals surface area contributed by atoms with Gasteiger partial charge in [-0.05, 0) is 18.3 Å². The maximum Gasteiger partial charge on any atom is 0.258 e. The summed E-state index contributed by atoms with van der Waals surface area (Å²) in [6.07, 6.45) is 4.85. The van der Waals surface area contributed by atoms with E-state index in [2.05, 4.69) is 5.32 Å². The van der Waals surface area contributed by atoms with Crippen LogP contribution in [0.2, 0.25) is 0 Å². The Hall–Kier alpha value is -1.38. The Bertz CT molecular complexity index is 365. The van der Waals surface area contributed by atoms with Crippen LogP contribution in [0.3, 0.4) is 0 Å². The second-order valence-electron chi connectivity index (χ2n) is 3.48. The van der Waals surface area contributed by atoms with E-state index in [9.17, 15) is 9.59 Å². The number of carbonyl (C=O) groups excluding carboxylic acids is 2. The number of nitrogens with one attached hydrogen (secondary N) is 1. The van der Waals surface area contributed by atoms with Crippen molar-refractivity contribution in [3.8, 4) is 0 Å². The van der Waals surface area contributed by atoms with Gasteiger partial charge >= 0.3 is 0 Å². The smallest absolute Gasteiger partial charge is 0.258 e. The van der Waals surface area contributed by atoms with E-state index < -0.39 is 0 Å². The van der Waals surface area contributed by atoms with Crippen LogP contribution in [0.5, 0.6) is 0 Å². The van der Waals surface area contributed by atoms with Crippen molar-refractivity contribution in [2.75, 3.05) is 0 Å². The standard InChI is InChI=1S/C9H7NO2/c11-8-5-2-1-4-3-6(4)7(5)9(12)10-8/h1-2,4,6H,3H2,(H,10,11,12). The van der Waals surface area contributed by atoms with E-state index in [-0.39, 0.29) is 11.8 Å². The van der Waals surface area contributed by atoms with Crippen LogP contribution < -0.4 is 5.32 Å². The Morgan fingerprint density at radius 3 is 3.00 bits per heavy atom. The second-order valence-corrected chi connectivity index (χ2v) is 3.48. The monoisotopic (exact) mass is 161 g/mol. The van der Waals surface area contributed by atoms with Crippen LogP contribution in [0.4, 0.5) is 0 Å². The topological polar surface area (TPSA) is 46.2 Å². The van der Waals surface area contributed by atoms with Gasteiger partial charge in [-0.1, -0.05) is 12.2 Å². The molecule has 2 unspecified atom stereocenters. The fourth-order valence-corrected chi connectivity index (χ4v) is 2.00. The summed E-state index contributed by atoms with van der Waals surface area (Å²) < 4.78 is 0. The summed E-state index contributed by atoms with van der Waals surface area (Å²) in [4.78, 5) is 22.4. The van der Waals surface area contributed by atoms with Crippen molar-refractivity contribution in [1.29, 1.82) is 0 Å². The third kappa shape index (κ3) is 0.570. The number of hydrogen-bond donors (Lipinski definition) is 1. The molecule has 0 aromatic carbocycles. The summed E-state index contributed by atoms with van der Waals surface area (Å²) in [6, 6.07) is 0. The highest BCUT2D eigenvalue weighted by molar-refractivity contribution is 6.21. The van der Waals surface area contributed by atoms with Gasteiger partial charge in [-0.25, -0.2) is 0 Å². The minimum Gasteiger partial charge on any atom is -0.288 e. The number of imide groups is 1. The number of carbonyl (C=O) groups is 2. The van der Waals surface area contributed by atoms with Crippen LogP contribution in [0.15, 0.2) is 23.3 Å². The van der Waals surface area contributed by atoms with Gasteiger partial charge in [0, 0.05) is 11.1 Å². The zero-order chi connectivity index (χ0) is 8.29. The number of amides is 2. The molecule has 3 rings (SSSR count). The lowest BCUT2D eigenvalue weighted by molar-refractivity contribution is -0.124. The molecule has 1 saturated carbocycles. The lowest BCUT2D eigenvalue weighted by Crippen LogP contribution is -2.23.